The number of nitrogens with zero attached hydrogens (tertiary/aromatic N) is 1. The molecule has 0 aliphatic carbocycles. The van der Waals surface area contributed by atoms with Crippen molar-refractivity contribution in [3.05, 3.63) is 59.2 Å². The maximum absolute atomic E-state index is 13.1. The van der Waals surface area contributed by atoms with Gasteiger partial charge in [0.25, 0.3) is 5.91 Å². The van der Waals surface area contributed by atoms with Gasteiger partial charge < -0.3 is 14.4 Å². The van der Waals surface area contributed by atoms with Crippen molar-refractivity contribution in [2.24, 2.45) is 0 Å². The van der Waals surface area contributed by atoms with E-state index in [2.05, 4.69) is 20.8 Å². The van der Waals surface area contributed by atoms with E-state index in [0.717, 1.165) is 11.3 Å². The molecule has 1 amide bonds. The molecule has 2 aromatic rings. The topological polar surface area (TPSA) is 55.8 Å². The highest BCUT2D eigenvalue weighted by Gasteiger charge is 2.43. The van der Waals surface area contributed by atoms with Crippen LogP contribution in [0.4, 0.5) is 0 Å². The second kappa shape index (κ2) is 7.46. The predicted molar refractivity (Wildman–Crippen MR) is 116 cm³/mol. The van der Waals surface area contributed by atoms with Crippen LogP contribution >= 0.6 is 0 Å². The molecule has 1 fully saturated rings. The van der Waals surface area contributed by atoms with Crippen molar-refractivity contribution in [1.82, 2.24) is 4.90 Å². The normalized spacial score (nSPS) is 18.0. The van der Waals surface area contributed by atoms with Gasteiger partial charge in [0, 0.05) is 31.5 Å². The lowest BCUT2D eigenvalue weighted by molar-refractivity contribution is -0.00571. The largest absolute Gasteiger partial charge is 0.496 e. The van der Waals surface area contributed by atoms with Crippen LogP contribution in [0.5, 0.6) is 11.5 Å². The Hall–Kier alpha value is -2.82. The van der Waals surface area contributed by atoms with E-state index in [4.69, 9.17) is 9.47 Å². The third-order valence-corrected chi connectivity index (χ3v) is 6.22. The molecule has 1 saturated heterocycles. The van der Waals surface area contributed by atoms with E-state index in [1.54, 1.807) is 7.11 Å². The number of carbonyl (C=O) groups is 2. The van der Waals surface area contributed by atoms with Crippen LogP contribution in [0.1, 0.15) is 66.3 Å². The number of piperidine rings is 1. The Labute approximate surface area is 178 Å². The lowest BCUT2D eigenvalue weighted by Gasteiger charge is -2.44. The first kappa shape index (κ1) is 20.5. The number of carbonyl (C=O) groups excluding carboxylic acids is 2. The van der Waals surface area contributed by atoms with Gasteiger partial charge in [0.2, 0.25) is 0 Å². The van der Waals surface area contributed by atoms with E-state index in [1.807, 2.05) is 47.4 Å². The van der Waals surface area contributed by atoms with Crippen molar-refractivity contribution in [2.75, 3.05) is 20.2 Å². The SMILES string of the molecule is COc1cc(C(=O)N2CCC3(CC2)CC(=O)c2ccccc2O3)ccc1C(C)(C)C. The first-order valence-corrected chi connectivity index (χ1v) is 10.5. The number of hydrogen-bond acceptors (Lipinski definition) is 4. The fourth-order valence-electron chi connectivity index (χ4n) is 4.47. The van der Waals surface area contributed by atoms with Gasteiger partial charge in [-0.05, 0) is 35.2 Å². The summed E-state index contributed by atoms with van der Waals surface area (Å²) < 4.78 is 11.8. The van der Waals surface area contributed by atoms with Crippen LogP contribution in [-0.4, -0.2) is 42.4 Å². The summed E-state index contributed by atoms with van der Waals surface area (Å²) in [5, 5.41) is 0. The Balaban J connectivity index is 1.48. The molecule has 2 aromatic carbocycles. The predicted octanol–water partition coefficient (Wildman–Crippen LogP) is 4.63. The fraction of sp³-hybridized carbons (Fsp3) is 0.440. The van der Waals surface area contributed by atoms with Gasteiger partial charge in [0.1, 0.15) is 17.1 Å². The lowest BCUT2D eigenvalue weighted by Crippen LogP contribution is -2.52. The number of benzene rings is 2. The third-order valence-electron chi connectivity index (χ3n) is 6.22. The maximum atomic E-state index is 13.1. The summed E-state index contributed by atoms with van der Waals surface area (Å²) >= 11 is 0. The third kappa shape index (κ3) is 3.69. The number of ketones is 1. The van der Waals surface area contributed by atoms with Crippen molar-refractivity contribution < 1.29 is 19.1 Å². The Morgan fingerprint density at radius 3 is 2.47 bits per heavy atom. The van der Waals surface area contributed by atoms with E-state index in [1.165, 1.54) is 0 Å². The van der Waals surface area contributed by atoms with Gasteiger partial charge in [-0.1, -0.05) is 39.0 Å². The molecule has 5 nitrogen and oxygen atoms in total. The zero-order chi connectivity index (χ0) is 21.5. The first-order valence-electron chi connectivity index (χ1n) is 10.5. The van der Waals surface area contributed by atoms with Crippen molar-refractivity contribution >= 4 is 11.7 Å². The molecule has 30 heavy (non-hydrogen) atoms. The molecule has 0 atom stereocenters. The highest BCUT2D eigenvalue weighted by atomic mass is 16.5. The molecule has 2 heterocycles. The Bertz CT molecular complexity index is 981. The van der Waals surface area contributed by atoms with Crippen LogP contribution in [0.2, 0.25) is 0 Å². The van der Waals surface area contributed by atoms with E-state index < -0.39 is 5.60 Å². The summed E-state index contributed by atoms with van der Waals surface area (Å²) in [5.74, 6) is 1.51. The molecule has 0 bridgehead atoms. The van der Waals surface area contributed by atoms with Crippen LogP contribution in [0.25, 0.3) is 0 Å². The minimum atomic E-state index is -0.504. The monoisotopic (exact) mass is 407 g/mol. The summed E-state index contributed by atoms with van der Waals surface area (Å²) in [7, 11) is 1.64. The molecule has 1 spiro atoms. The maximum Gasteiger partial charge on any atom is 0.253 e. The van der Waals surface area contributed by atoms with Gasteiger partial charge in [-0.2, -0.15) is 0 Å². The van der Waals surface area contributed by atoms with Crippen molar-refractivity contribution in [3.8, 4) is 11.5 Å². The molecule has 0 N–H and O–H groups in total. The summed E-state index contributed by atoms with van der Waals surface area (Å²) in [4.78, 5) is 27.6. The van der Waals surface area contributed by atoms with Crippen LogP contribution in [-0.2, 0) is 5.41 Å². The van der Waals surface area contributed by atoms with Crippen LogP contribution in [0, 0.1) is 0 Å². The Kier molecular flexibility index (Phi) is 5.08. The van der Waals surface area contributed by atoms with Crippen LogP contribution in [0.15, 0.2) is 42.5 Å². The van der Waals surface area contributed by atoms with E-state index in [9.17, 15) is 9.59 Å². The van der Waals surface area contributed by atoms with Gasteiger partial charge in [-0.3, -0.25) is 9.59 Å². The smallest absolute Gasteiger partial charge is 0.253 e. The van der Waals surface area contributed by atoms with Gasteiger partial charge >= 0.3 is 0 Å². The van der Waals surface area contributed by atoms with Gasteiger partial charge in [-0.25, -0.2) is 0 Å². The molecule has 4 rings (SSSR count). The van der Waals surface area contributed by atoms with Crippen molar-refractivity contribution in [3.63, 3.8) is 0 Å². The van der Waals surface area contributed by atoms with E-state index >= 15 is 0 Å². The number of fused-ring (bicyclic) bond motifs is 1. The number of amides is 1. The Morgan fingerprint density at radius 2 is 1.80 bits per heavy atom. The molecule has 2 aliphatic heterocycles. The second-order valence-electron chi connectivity index (χ2n) is 9.34. The molecule has 158 valence electrons. The van der Waals surface area contributed by atoms with Crippen molar-refractivity contribution in [2.45, 2.75) is 51.0 Å². The number of Topliss-reactive ketones (excluding diaryl/α,β-unsaturated/α-hetero) is 1. The number of ether oxygens (including phenoxy) is 2. The number of likely N-dealkylation sites (tertiary alicyclic amines) is 1. The van der Waals surface area contributed by atoms with Crippen molar-refractivity contribution in [1.29, 1.82) is 0 Å². The van der Waals surface area contributed by atoms with E-state index in [-0.39, 0.29) is 17.1 Å². The van der Waals surface area contributed by atoms with Gasteiger partial charge in [0.05, 0.1) is 19.1 Å². The average molecular weight is 408 g/mol. The summed E-state index contributed by atoms with van der Waals surface area (Å²) in [6.45, 7) is 7.51. The minimum Gasteiger partial charge on any atom is -0.496 e. The Morgan fingerprint density at radius 1 is 1.10 bits per heavy atom. The van der Waals surface area contributed by atoms with Gasteiger partial charge in [0.15, 0.2) is 5.78 Å². The van der Waals surface area contributed by atoms with Gasteiger partial charge in [-0.15, -0.1) is 0 Å². The zero-order valence-corrected chi connectivity index (χ0v) is 18.2. The molecule has 2 aliphatic rings. The average Bonchev–Trinajstić information content (AvgIpc) is 2.72. The summed E-state index contributed by atoms with van der Waals surface area (Å²) in [6, 6.07) is 13.1. The van der Waals surface area contributed by atoms with Crippen LogP contribution < -0.4 is 9.47 Å². The molecule has 5 heteroatoms. The first-order chi connectivity index (χ1) is 14.2. The molecular formula is C25H29NO4. The highest BCUT2D eigenvalue weighted by Crippen LogP contribution is 2.39. The number of rotatable bonds is 2. The number of hydrogen-bond donors (Lipinski definition) is 0. The summed E-state index contributed by atoms with van der Waals surface area (Å²) in [6.07, 6.45) is 1.67. The number of para-hydroxylation sites is 1. The van der Waals surface area contributed by atoms with Crippen LogP contribution in [0.3, 0.4) is 0 Å². The second-order valence-corrected chi connectivity index (χ2v) is 9.34. The fourth-order valence-corrected chi connectivity index (χ4v) is 4.47. The quantitative estimate of drug-likeness (QED) is 0.728. The molecule has 0 aromatic heterocycles. The number of methoxy groups -OCH3 is 1. The highest BCUT2D eigenvalue weighted by molar-refractivity contribution is 6.00. The lowest BCUT2D eigenvalue weighted by atomic mass is 9.82. The minimum absolute atomic E-state index is 0.00820. The molecular weight excluding hydrogens is 378 g/mol. The molecule has 0 unspecified atom stereocenters. The molecule has 0 saturated carbocycles. The summed E-state index contributed by atoms with van der Waals surface area (Å²) in [5.41, 5.74) is 1.79. The molecule has 0 radical (unpaired) electrons. The zero-order valence-electron chi connectivity index (χ0n) is 18.2. The van der Waals surface area contributed by atoms with E-state index in [0.29, 0.717) is 49.2 Å². The standard InChI is InChI=1S/C25H29NO4/c1-24(2,3)19-10-9-17(15-22(19)29-4)23(28)26-13-11-25(12-14-26)16-20(27)18-7-5-6-8-21(18)30-25/h5-10,15H,11-14,16H2,1-4H3.